The molecule has 0 saturated carbocycles. The molecule has 3 nitrogen and oxygen atoms in total. The highest BCUT2D eigenvalue weighted by molar-refractivity contribution is 5.97. The van der Waals surface area contributed by atoms with Crippen LogP contribution in [0.4, 0.5) is 0 Å². The average molecular weight is 256 g/mol. The van der Waals surface area contributed by atoms with Crippen LogP contribution in [0.3, 0.4) is 0 Å². The Morgan fingerprint density at radius 3 is 2.47 bits per heavy atom. The van der Waals surface area contributed by atoms with Gasteiger partial charge in [0.2, 0.25) is 0 Å². The second-order valence-electron chi connectivity index (χ2n) is 4.56. The zero-order valence-corrected chi connectivity index (χ0v) is 10.8. The fourth-order valence-corrected chi connectivity index (χ4v) is 1.84. The molecule has 0 amide bonds. The van der Waals surface area contributed by atoms with E-state index in [0.29, 0.717) is 18.8 Å². The van der Waals surface area contributed by atoms with Crippen molar-refractivity contribution in [2.24, 2.45) is 0 Å². The van der Waals surface area contributed by atoms with Gasteiger partial charge in [-0.3, -0.25) is 0 Å². The topological polar surface area (TPSA) is 46.5 Å². The highest BCUT2D eigenvalue weighted by Gasteiger charge is 2.12. The largest absolute Gasteiger partial charge is 0.492 e. The van der Waals surface area contributed by atoms with Crippen molar-refractivity contribution in [1.29, 1.82) is 0 Å². The summed E-state index contributed by atoms with van der Waals surface area (Å²) >= 11 is 0. The molecule has 0 radical (unpaired) electrons. The summed E-state index contributed by atoms with van der Waals surface area (Å²) in [5.74, 6) is -0.566. The zero-order valence-electron chi connectivity index (χ0n) is 10.8. The van der Waals surface area contributed by atoms with Gasteiger partial charge in [-0.2, -0.15) is 0 Å². The summed E-state index contributed by atoms with van der Waals surface area (Å²) in [7, 11) is 0. The van der Waals surface area contributed by atoms with Crippen LogP contribution < -0.4 is 4.74 Å². The molecule has 0 aliphatic rings. The van der Waals surface area contributed by atoms with Gasteiger partial charge in [-0.1, -0.05) is 29.8 Å². The summed E-state index contributed by atoms with van der Waals surface area (Å²) in [5.41, 5.74) is 1.21. The van der Waals surface area contributed by atoms with E-state index >= 15 is 0 Å². The number of carboxylic acids is 1. The molecule has 1 N–H and O–H groups in total. The van der Waals surface area contributed by atoms with Crippen molar-refractivity contribution in [3.05, 3.63) is 54.1 Å². The van der Waals surface area contributed by atoms with E-state index in [9.17, 15) is 9.90 Å². The molecule has 0 fully saturated rings. The average Bonchev–Trinajstić information content (AvgIpc) is 2.37. The van der Waals surface area contributed by atoms with Gasteiger partial charge in [0.15, 0.2) is 0 Å². The molecule has 2 aromatic rings. The van der Waals surface area contributed by atoms with Crippen LogP contribution in [0, 0.1) is 0 Å². The fraction of sp³-hybridized carbons (Fsp3) is 0.188. The second-order valence-corrected chi connectivity index (χ2v) is 4.56. The van der Waals surface area contributed by atoms with Crippen molar-refractivity contribution in [3.8, 4) is 5.75 Å². The number of hydrogen-bond donors (Lipinski definition) is 1. The van der Waals surface area contributed by atoms with Crippen molar-refractivity contribution >= 4 is 16.7 Å². The third kappa shape index (κ3) is 3.13. The van der Waals surface area contributed by atoms with Crippen LogP contribution in [0.5, 0.6) is 5.75 Å². The Hall–Kier alpha value is -2.29. The minimum atomic E-state index is -0.976. The zero-order chi connectivity index (χ0) is 13.8. The predicted octanol–water partition coefficient (Wildman–Crippen LogP) is 3.88. The standard InChI is InChI=1S/C16H16O3/c1-11(2)7-8-19-15-10-13-6-4-3-5-12(13)9-14(15)16(17)18/h3-6,9-10H,1,7-8H2,2H3,(H,17,18). The third-order valence-electron chi connectivity index (χ3n) is 2.86. The molecule has 98 valence electrons. The van der Waals surface area contributed by atoms with Gasteiger partial charge >= 0.3 is 5.97 Å². The summed E-state index contributed by atoms with van der Waals surface area (Å²) in [5, 5.41) is 11.1. The first-order chi connectivity index (χ1) is 9.08. The van der Waals surface area contributed by atoms with Gasteiger partial charge in [0.05, 0.1) is 6.61 Å². The summed E-state index contributed by atoms with van der Waals surface area (Å²) < 4.78 is 5.58. The normalized spacial score (nSPS) is 10.4. The maximum absolute atomic E-state index is 11.3. The lowest BCUT2D eigenvalue weighted by molar-refractivity contribution is 0.0692. The van der Waals surface area contributed by atoms with Crippen molar-refractivity contribution in [3.63, 3.8) is 0 Å². The molecule has 0 atom stereocenters. The lowest BCUT2D eigenvalue weighted by Gasteiger charge is -2.10. The number of carboxylic acid groups (broad SMARTS) is 1. The van der Waals surface area contributed by atoms with E-state index in [0.717, 1.165) is 16.3 Å². The van der Waals surface area contributed by atoms with Crippen molar-refractivity contribution in [2.75, 3.05) is 6.61 Å². The van der Waals surface area contributed by atoms with Crippen molar-refractivity contribution < 1.29 is 14.6 Å². The Morgan fingerprint density at radius 1 is 1.26 bits per heavy atom. The number of fused-ring (bicyclic) bond motifs is 1. The fourth-order valence-electron chi connectivity index (χ4n) is 1.84. The molecule has 2 rings (SSSR count). The van der Waals surface area contributed by atoms with Gasteiger partial charge in [-0.05, 0) is 29.8 Å². The maximum Gasteiger partial charge on any atom is 0.339 e. The van der Waals surface area contributed by atoms with Crippen LogP contribution in [0.15, 0.2) is 48.6 Å². The van der Waals surface area contributed by atoms with Crippen molar-refractivity contribution in [1.82, 2.24) is 0 Å². The van der Waals surface area contributed by atoms with Gasteiger partial charge in [-0.25, -0.2) is 4.79 Å². The molecule has 2 aromatic carbocycles. The Kier molecular flexibility index (Phi) is 3.85. The van der Waals surface area contributed by atoms with Crippen molar-refractivity contribution in [2.45, 2.75) is 13.3 Å². The van der Waals surface area contributed by atoms with E-state index in [2.05, 4.69) is 6.58 Å². The van der Waals surface area contributed by atoms with E-state index in [1.165, 1.54) is 0 Å². The second kappa shape index (κ2) is 5.57. The number of carbonyl (C=O) groups is 1. The van der Waals surface area contributed by atoms with Crippen LogP contribution in [0.25, 0.3) is 10.8 Å². The summed E-state index contributed by atoms with van der Waals surface area (Å²) in [6, 6.07) is 11.0. The lowest BCUT2D eigenvalue weighted by atomic mass is 10.1. The third-order valence-corrected chi connectivity index (χ3v) is 2.86. The monoisotopic (exact) mass is 256 g/mol. The van der Waals surface area contributed by atoms with E-state index < -0.39 is 5.97 Å². The highest BCUT2D eigenvalue weighted by Crippen LogP contribution is 2.26. The number of ether oxygens (including phenoxy) is 1. The summed E-state index contributed by atoms with van der Waals surface area (Å²) in [4.78, 5) is 11.3. The number of hydrogen-bond acceptors (Lipinski definition) is 2. The first-order valence-corrected chi connectivity index (χ1v) is 6.11. The molecule has 3 heteroatoms. The molecular formula is C16H16O3. The van der Waals surface area contributed by atoms with Crippen LogP contribution in [-0.4, -0.2) is 17.7 Å². The van der Waals surface area contributed by atoms with E-state index in [1.807, 2.05) is 31.2 Å². The van der Waals surface area contributed by atoms with E-state index in [1.54, 1.807) is 12.1 Å². The van der Waals surface area contributed by atoms with E-state index in [4.69, 9.17) is 4.74 Å². The molecule has 0 saturated heterocycles. The molecule has 0 bridgehead atoms. The smallest absolute Gasteiger partial charge is 0.339 e. The SMILES string of the molecule is C=C(C)CCOc1cc2ccccc2cc1C(=O)O. The molecule has 0 aliphatic carbocycles. The summed E-state index contributed by atoms with van der Waals surface area (Å²) in [6.07, 6.45) is 0.714. The van der Waals surface area contributed by atoms with Crippen LogP contribution >= 0.6 is 0 Å². The van der Waals surface area contributed by atoms with E-state index in [-0.39, 0.29) is 5.56 Å². The highest BCUT2D eigenvalue weighted by atomic mass is 16.5. The first-order valence-electron chi connectivity index (χ1n) is 6.11. The Bertz CT molecular complexity index is 629. The Balaban J connectivity index is 2.36. The van der Waals surface area contributed by atoms with Gasteiger partial charge in [0, 0.05) is 6.42 Å². The van der Waals surface area contributed by atoms with Gasteiger partial charge in [0.1, 0.15) is 11.3 Å². The first kappa shape index (κ1) is 13.1. The predicted molar refractivity (Wildman–Crippen MR) is 75.8 cm³/mol. The molecule has 0 heterocycles. The minimum Gasteiger partial charge on any atom is -0.492 e. The van der Waals surface area contributed by atoms with Crippen LogP contribution in [0.2, 0.25) is 0 Å². The maximum atomic E-state index is 11.3. The van der Waals surface area contributed by atoms with Crippen LogP contribution in [0.1, 0.15) is 23.7 Å². The molecular weight excluding hydrogens is 240 g/mol. The van der Waals surface area contributed by atoms with Gasteiger partial charge in [0.25, 0.3) is 0 Å². The quantitative estimate of drug-likeness (QED) is 0.826. The number of aromatic carboxylic acids is 1. The summed E-state index contributed by atoms with van der Waals surface area (Å²) in [6.45, 7) is 6.15. The molecule has 0 aliphatic heterocycles. The van der Waals surface area contributed by atoms with Crippen LogP contribution in [-0.2, 0) is 0 Å². The molecule has 0 spiro atoms. The van der Waals surface area contributed by atoms with Gasteiger partial charge < -0.3 is 9.84 Å². The molecule has 19 heavy (non-hydrogen) atoms. The Labute approximate surface area is 112 Å². The molecule has 0 unspecified atom stereocenters. The van der Waals surface area contributed by atoms with Gasteiger partial charge in [-0.15, -0.1) is 6.58 Å². The molecule has 0 aromatic heterocycles. The lowest BCUT2D eigenvalue weighted by Crippen LogP contribution is -2.04. The number of benzene rings is 2. The Morgan fingerprint density at radius 2 is 1.89 bits per heavy atom. The number of rotatable bonds is 5. The minimum absolute atomic E-state index is 0.195.